The van der Waals surface area contributed by atoms with Crippen LogP contribution < -0.4 is 5.32 Å². The predicted octanol–water partition coefficient (Wildman–Crippen LogP) is 1.76. The molecule has 1 aliphatic heterocycles. The van der Waals surface area contributed by atoms with Crippen molar-refractivity contribution < 1.29 is 0 Å². The molecule has 1 aliphatic rings. The average molecular weight is 262 g/mol. The van der Waals surface area contributed by atoms with Gasteiger partial charge in [0.15, 0.2) is 5.65 Å². The number of hydrogen-bond acceptors (Lipinski definition) is 4. The zero-order chi connectivity index (χ0) is 12.2. The van der Waals surface area contributed by atoms with Gasteiger partial charge in [0.25, 0.3) is 0 Å². The summed E-state index contributed by atoms with van der Waals surface area (Å²) >= 11 is 2.06. The molecule has 0 aromatic carbocycles. The van der Waals surface area contributed by atoms with Gasteiger partial charge in [-0.15, -0.1) is 10.2 Å². The van der Waals surface area contributed by atoms with E-state index in [9.17, 15) is 0 Å². The van der Waals surface area contributed by atoms with Gasteiger partial charge >= 0.3 is 0 Å². The zero-order valence-electron chi connectivity index (χ0n) is 10.4. The summed E-state index contributed by atoms with van der Waals surface area (Å²) in [5.74, 6) is 3.62. The van der Waals surface area contributed by atoms with Crippen molar-refractivity contribution in [3.63, 3.8) is 0 Å². The highest BCUT2D eigenvalue weighted by Gasteiger charge is 2.13. The first-order valence-electron chi connectivity index (χ1n) is 6.53. The summed E-state index contributed by atoms with van der Waals surface area (Å²) in [6.07, 6.45) is 5.62. The molecule has 3 heterocycles. The minimum Gasteiger partial charge on any atom is -0.313 e. The number of pyridine rings is 1. The van der Waals surface area contributed by atoms with Gasteiger partial charge in [-0.05, 0) is 30.7 Å². The molecule has 3 rings (SSSR count). The van der Waals surface area contributed by atoms with Crippen LogP contribution in [0.2, 0.25) is 0 Å². The fourth-order valence-electron chi connectivity index (χ4n) is 2.35. The third kappa shape index (κ3) is 2.67. The van der Waals surface area contributed by atoms with Gasteiger partial charge in [-0.25, -0.2) is 0 Å². The van der Waals surface area contributed by atoms with Gasteiger partial charge in [0, 0.05) is 31.0 Å². The fraction of sp³-hybridized carbons (Fsp3) is 0.538. The van der Waals surface area contributed by atoms with Crippen LogP contribution in [0.1, 0.15) is 18.7 Å². The molecular weight excluding hydrogens is 244 g/mol. The van der Waals surface area contributed by atoms with E-state index in [1.165, 1.54) is 24.3 Å². The van der Waals surface area contributed by atoms with Crippen molar-refractivity contribution in [2.45, 2.75) is 25.3 Å². The van der Waals surface area contributed by atoms with Gasteiger partial charge in [-0.3, -0.25) is 4.40 Å². The molecule has 0 spiro atoms. The molecule has 4 nitrogen and oxygen atoms in total. The van der Waals surface area contributed by atoms with E-state index < -0.39 is 0 Å². The maximum Gasteiger partial charge on any atom is 0.160 e. The summed E-state index contributed by atoms with van der Waals surface area (Å²) in [6.45, 7) is 0.987. The van der Waals surface area contributed by atoms with Crippen LogP contribution in [0, 0.1) is 0 Å². The molecule has 96 valence electrons. The Labute approximate surface area is 111 Å². The molecule has 1 saturated heterocycles. The molecule has 0 bridgehead atoms. The van der Waals surface area contributed by atoms with E-state index in [-0.39, 0.29) is 0 Å². The molecule has 18 heavy (non-hydrogen) atoms. The van der Waals surface area contributed by atoms with Crippen molar-refractivity contribution in [2.24, 2.45) is 0 Å². The molecule has 0 radical (unpaired) electrons. The third-order valence-corrected chi connectivity index (χ3v) is 4.54. The summed E-state index contributed by atoms with van der Waals surface area (Å²) in [7, 11) is 0. The van der Waals surface area contributed by atoms with E-state index >= 15 is 0 Å². The Morgan fingerprint density at radius 3 is 3.28 bits per heavy atom. The Morgan fingerprint density at radius 2 is 2.39 bits per heavy atom. The molecular formula is C13H18N4S. The van der Waals surface area contributed by atoms with Crippen LogP contribution in [0.3, 0.4) is 0 Å². The molecule has 1 unspecified atom stereocenters. The summed E-state index contributed by atoms with van der Waals surface area (Å²) in [6, 6.07) is 6.68. The van der Waals surface area contributed by atoms with Crippen molar-refractivity contribution in [1.29, 1.82) is 0 Å². The Balaban J connectivity index is 1.56. The van der Waals surface area contributed by atoms with Gasteiger partial charge in [0.2, 0.25) is 0 Å². The van der Waals surface area contributed by atoms with Crippen LogP contribution in [0.4, 0.5) is 0 Å². The third-order valence-electron chi connectivity index (χ3n) is 3.33. The number of hydrogen-bond donors (Lipinski definition) is 1. The zero-order valence-corrected chi connectivity index (χ0v) is 11.2. The van der Waals surface area contributed by atoms with Crippen LogP contribution in [-0.4, -0.2) is 38.7 Å². The first-order valence-corrected chi connectivity index (χ1v) is 7.69. The SMILES string of the molecule is c1ccn2c(CCNC3CCCSC3)nnc2c1. The van der Waals surface area contributed by atoms with Gasteiger partial charge in [0.05, 0.1) is 0 Å². The monoisotopic (exact) mass is 262 g/mol. The highest BCUT2D eigenvalue weighted by Crippen LogP contribution is 2.16. The van der Waals surface area contributed by atoms with Crippen LogP contribution in [0.5, 0.6) is 0 Å². The highest BCUT2D eigenvalue weighted by molar-refractivity contribution is 7.99. The first-order chi connectivity index (χ1) is 8.93. The minimum atomic E-state index is 0.683. The molecule has 1 N–H and O–H groups in total. The maximum absolute atomic E-state index is 4.25. The molecule has 0 saturated carbocycles. The number of aromatic nitrogens is 3. The lowest BCUT2D eigenvalue weighted by Gasteiger charge is -2.22. The summed E-state index contributed by atoms with van der Waals surface area (Å²) < 4.78 is 2.07. The average Bonchev–Trinajstić information content (AvgIpc) is 2.84. The van der Waals surface area contributed by atoms with Gasteiger partial charge < -0.3 is 5.32 Å². The van der Waals surface area contributed by atoms with Crippen molar-refractivity contribution in [2.75, 3.05) is 18.1 Å². The van der Waals surface area contributed by atoms with Gasteiger partial charge in [-0.1, -0.05) is 6.07 Å². The number of fused-ring (bicyclic) bond motifs is 1. The lowest BCUT2D eigenvalue weighted by atomic mass is 10.2. The van der Waals surface area contributed by atoms with E-state index in [2.05, 4.69) is 31.7 Å². The van der Waals surface area contributed by atoms with E-state index in [1.807, 2.05) is 24.4 Å². The maximum atomic E-state index is 4.25. The Bertz CT molecular complexity index is 504. The summed E-state index contributed by atoms with van der Waals surface area (Å²) in [4.78, 5) is 0. The first kappa shape index (κ1) is 12.0. The second-order valence-electron chi connectivity index (χ2n) is 4.66. The normalized spacial score (nSPS) is 20.3. The largest absolute Gasteiger partial charge is 0.313 e. The summed E-state index contributed by atoms with van der Waals surface area (Å²) in [5, 5.41) is 12.0. The predicted molar refractivity (Wildman–Crippen MR) is 75.0 cm³/mol. The number of nitrogens with zero attached hydrogens (tertiary/aromatic N) is 3. The standard InChI is InChI=1S/C13H18N4S/c1-2-8-17-12(5-1)15-16-13(17)6-7-14-11-4-3-9-18-10-11/h1-2,5,8,11,14H,3-4,6-7,9-10H2. The lowest BCUT2D eigenvalue weighted by Crippen LogP contribution is -2.35. The topological polar surface area (TPSA) is 42.2 Å². The Kier molecular flexibility index (Phi) is 3.81. The minimum absolute atomic E-state index is 0.683. The van der Waals surface area contributed by atoms with Gasteiger partial charge in [0.1, 0.15) is 5.82 Å². The number of thioether (sulfide) groups is 1. The second kappa shape index (κ2) is 5.71. The van der Waals surface area contributed by atoms with Crippen LogP contribution in [-0.2, 0) is 6.42 Å². The molecule has 2 aromatic rings. The van der Waals surface area contributed by atoms with Crippen LogP contribution >= 0.6 is 11.8 Å². The van der Waals surface area contributed by atoms with E-state index in [1.54, 1.807) is 0 Å². The molecule has 1 fully saturated rings. The van der Waals surface area contributed by atoms with Crippen molar-refractivity contribution in [3.05, 3.63) is 30.2 Å². The van der Waals surface area contributed by atoms with Gasteiger partial charge in [-0.2, -0.15) is 11.8 Å². The van der Waals surface area contributed by atoms with Crippen molar-refractivity contribution in [3.8, 4) is 0 Å². The molecule has 5 heteroatoms. The quantitative estimate of drug-likeness (QED) is 0.911. The lowest BCUT2D eigenvalue weighted by molar-refractivity contribution is 0.507. The summed E-state index contributed by atoms with van der Waals surface area (Å²) in [5.41, 5.74) is 0.931. The molecule has 0 amide bonds. The smallest absolute Gasteiger partial charge is 0.160 e. The van der Waals surface area contributed by atoms with Crippen LogP contribution in [0.15, 0.2) is 24.4 Å². The van der Waals surface area contributed by atoms with E-state index in [4.69, 9.17) is 0 Å². The number of nitrogens with one attached hydrogen (secondary N) is 1. The molecule has 2 aromatic heterocycles. The molecule has 0 aliphatic carbocycles. The number of rotatable bonds is 4. The van der Waals surface area contributed by atoms with E-state index in [0.29, 0.717) is 6.04 Å². The van der Waals surface area contributed by atoms with Crippen LogP contribution in [0.25, 0.3) is 5.65 Å². The highest BCUT2D eigenvalue weighted by atomic mass is 32.2. The molecule has 1 atom stereocenters. The van der Waals surface area contributed by atoms with E-state index in [0.717, 1.165) is 24.4 Å². The van der Waals surface area contributed by atoms with Crippen molar-refractivity contribution in [1.82, 2.24) is 19.9 Å². The Hall–Kier alpha value is -1.07. The second-order valence-corrected chi connectivity index (χ2v) is 5.81. The Morgan fingerprint density at radius 1 is 1.39 bits per heavy atom. The fourth-order valence-corrected chi connectivity index (χ4v) is 3.46. The van der Waals surface area contributed by atoms with Crippen molar-refractivity contribution >= 4 is 17.4 Å².